The number of nitriles is 1. The summed E-state index contributed by atoms with van der Waals surface area (Å²) in [6.07, 6.45) is 0. The first-order valence-corrected chi connectivity index (χ1v) is 7.07. The van der Waals surface area contributed by atoms with Gasteiger partial charge in [0.25, 0.3) is 15.7 Å². The van der Waals surface area contributed by atoms with E-state index in [0.717, 1.165) is 4.68 Å². The average molecular weight is 307 g/mol. The molecule has 0 unspecified atom stereocenters. The highest BCUT2D eigenvalue weighted by Crippen LogP contribution is 2.23. The summed E-state index contributed by atoms with van der Waals surface area (Å²) in [4.78, 5) is 10.0. The van der Waals surface area contributed by atoms with Crippen LogP contribution >= 0.6 is 0 Å². The third-order valence-electron chi connectivity index (χ3n) is 2.70. The van der Waals surface area contributed by atoms with Crippen molar-refractivity contribution >= 4 is 15.7 Å². The van der Waals surface area contributed by atoms with Gasteiger partial charge >= 0.3 is 0 Å². The van der Waals surface area contributed by atoms with Gasteiger partial charge in [0.2, 0.25) is 0 Å². The lowest BCUT2D eigenvalue weighted by atomic mass is 10.3. The molecule has 1 aromatic heterocycles. The van der Waals surface area contributed by atoms with Crippen molar-refractivity contribution in [1.29, 1.82) is 5.26 Å². The van der Waals surface area contributed by atoms with Crippen LogP contribution in [-0.2, 0) is 10.0 Å². The van der Waals surface area contributed by atoms with Crippen LogP contribution in [0.2, 0.25) is 0 Å². The van der Waals surface area contributed by atoms with Crippen molar-refractivity contribution in [1.82, 2.24) is 9.78 Å². The summed E-state index contributed by atoms with van der Waals surface area (Å²) >= 11 is 0. The lowest BCUT2D eigenvalue weighted by molar-refractivity contribution is -0.384. The van der Waals surface area contributed by atoms with Crippen LogP contribution < -0.4 is 5.14 Å². The highest BCUT2D eigenvalue weighted by atomic mass is 32.2. The molecule has 2 aromatic rings. The molecule has 21 heavy (non-hydrogen) atoms. The van der Waals surface area contributed by atoms with Crippen molar-refractivity contribution in [3.8, 4) is 11.8 Å². The summed E-state index contributed by atoms with van der Waals surface area (Å²) in [6.45, 7) is 1.47. The minimum Gasteiger partial charge on any atom is -0.258 e. The summed E-state index contributed by atoms with van der Waals surface area (Å²) in [5.41, 5.74) is 0.130. The van der Waals surface area contributed by atoms with Crippen LogP contribution in [0.15, 0.2) is 29.3 Å². The summed E-state index contributed by atoms with van der Waals surface area (Å²) in [6, 6.07) is 6.78. The molecule has 0 fully saturated rings. The third kappa shape index (κ3) is 2.60. The molecular weight excluding hydrogens is 298 g/mol. The van der Waals surface area contributed by atoms with Gasteiger partial charge in [0.15, 0.2) is 5.03 Å². The molecule has 108 valence electrons. The SMILES string of the molecule is Cc1nn(-c2ccc([N+](=O)[O-])cc2)c(S(N)(=O)=O)c1C#N. The Kier molecular flexibility index (Phi) is 3.46. The first kappa shape index (κ1) is 14.6. The lowest BCUT2D eigenvalue weighted by Gasteiger charge is -2.05. The van der Waals surface area contributed by atoms with Gasteiger partial charge in [-0.25, -0.2) is 18.2 Å². The fourth-order valence-electron chi connectivity index (χ4n) is 1.79. The van der Waals surface area contributed by atoms with E-state index >= 15 is 0 Å². The van der Waals surface area contributed by atoms with Crippen molar-refractivity contribution in [3.63, 3.8) is 0 Å². The van der Waals surface area contributed by atoms with Gasteiger partial charge in [-0.1, -0.05) is 0 Å². The minimum atomic E-state index is -4.19. The quantitative estimate of drug-likeness (QED) is 0.649. The number of aromatic nitrogens is 2. The molecule has 0 bridgehead atoms. The molecule has 0 aliphatic rings. The molecule has 0 amide bonds. The fourth-order valence-corrected chi connectivity index (χ4v) is 2.65. The maximum absolute atomic E-state index is 11.7. The number of nitrogens with zero attached hydrogens (tertiary/aromatic N) is 4. The number of nitro groups is 1. The van der Waals surface area contributed by atoms with Gasteiger partial charge in [-0.3, -0.25) is 10.1 Å². The monoisotopic (exact) mass is 307 g/mol. The zero-order chi connectivity index (χ0) is 15.8. The molecule has 0 spiro atoms. The van der Waals surface area contributed by atoms with Gasteiger partial charge in [0.1, 0.15) is 11.6 Å². The van der Waals surface area contributed by atoms with Crippen LogP contribution in [0.5, 0.6) is 0 Å². The van der Waals surface area contributed by atoms with Crippen LogP contribution in [-0.4, -0.2) is 23.1 Å². The second-order valence-corrected chi connectivity index (χ2v) is 5.58. The molecule has 10 heteroatoms. The Morgan fingerprint density at radius 2 is 1.95 bits per heavy atom. The Bertz CT molecular complexity index is 861. The number of aryl methyl sites for hydroxylation is 1. The molecule has 0 atom stereocenters. The highest BCUT2D eigenvalue weighted by molar-refractivity contribution is 7.89. The molecule has 1 aromatic carbocycles. The zero-order valence-corrected chi connectivity index (χ0v) is 11.5. The Labute approximate surface area is 119 Å². The van der Waals surface area contributed by atoms with Crippen molar-refractivity contribution in [3.05, 3.63) is 45.6 Å². The van der Waals surface area contributed by atoms with Crippen molar-refractivity contribution in [2.45, 2.75) is 11.9 Å². The number of sulfonamides is 1. The number of hydrogen-bond donors (Lipinski definition) is 1. The smallest absolute Gasteiger partial charge is 0.258 e. The molecule has 0 aliphatic carbocycles. The van der Waals surface area contributed by atoms with E-state index in [1.165, 1.54) is 31.2 Å². The third-order valence-corrected chi connectivity index (χ3v) is 3.62. The Morgan fingerprint density at radius 1 is 1.38 bits per heavy atom. The second-order valence-electron chi connectivity index (χ2n) is 4.11. The number of non-ortho nitro benzene ring substituents is 1. The van der Waals surface area contributed by atoms with Crippen LogP contribution in [0, 0.1) is 28.4 Å². The van der Waals surface area contributed by atoms with E-state index in [4.69, 9.17) is 10.4 Å². The van der Waals surface area contributed by atoms with E-state index in [-0.39, 0.29) is 22.6 Å². The summed E-state index contributed by atoms with van der Waals surface area (Å²) in [7, 11) is -4.19. The van der Waals surface area contributed by atoms with Gasteiger partial charge < -0.3 is 0 Å². The Balaban J connectivity index is 2.70. The number of hydrogen-bond acceptors (Lipinski definition) is 6. The largest absolute Gasteiger partial charge is 0.269 e. The van der Waals surface area contributed by atoms with Gasteiger partial charge in [0.05, 0.1) is 16.3 Å². The number of nitrogens with two attached hydrogens (primary N) is 1. The van der Waals surface area contributed by atoms with Crippen LogP contribution in [0.3, 0.4) is 0 Å². The number of nitro benzene ring substituents is 1. The Hall–Kier alpha value is -2.77. The van der Waals surface area contributed by atoms with Crippen LogP contribution in [0.1, 0.15) is 11.3 Å². The van der Waals surface area contributed by atoms with E-state index < -0.39 is 20.0 Å². The molecule has 2 rings (SSSR count). The standard InChI is InChI=1S/C11H9N5O4S/c1-7-10(6-12)11(21(13,19)20)15(14-7)8-2-4-9(5-3-8)16(17)18/h2-5H,1H3,(H2,13,19,20). The second kappa shape index (κ2) is 4.97. The minimum absolute atomic E-state index is 0.153. The number of rotatable bonds is 3. The van der Waals surface area contributed by atoms with E-state index in [2.05, 4.69) is 5.10 Å². The predicted molar refractivity (Wildman–Crippen MR) is 71.0 cm³/mol. The lowest BCUT2D eigenvalue weighted by Crippen LogP contribution is -2.18. The highest BCUT2D eigenvalue weighted by Gasteiger charge is 2.25. The molecule has 2 N–H and O–H groups in total. The first-order valence-electron chi connectivity index (χ1n) is 5.53. The van der Waals surface area contributed by atoms with Gasteiger partial charge in [-0.2, -0.15) is 10.4 Å². The van der Waals surface area contributed by atoms with Crippen LogP contribution in [0.25, 0.3) is 5.69 Å². The number of primary sulfonamides is 1. The summed E-state index contributed by atoms with van der Waals surface area (Å²) < 4.78 is 24.3. The molecule has 1 heterocycles. The topological polar surface area (TPSA) is 145 Å². The predicted octanol–water partition coefficient (Wildman–Crippen LogP) is 0.608. The van der Waals surface area contributed by atoms with Gasteiger partial charge in [-0.05, 0) is 19.1 Å². The molecule has 0 saturated carbocycles. The maximum Gasteiger partial charge on any atom is 0.269 e. The zero-order valence-electron chi connectivity index (χ0n) is 10.7. The Morgan fingerprint density at radius 3 is 2.38 bits per heavy atom. The fraction of sp³-hybridized carbons (Fsp3) is 0.0909. The normalized spacial score (nSPS) is 11.1. The maximum atomic E-state index is 11.7. The van der Waals surface area contributed by atoms with Gasteiger partial charge in [-0.15, -0.1) is 0 Å². The van der Waals surface area contributed by atoms with Crippen LogP contribution in [0.4, 0.5) is 5.69 Å². The van der Waals surface area contributed by atoms with Crippen molar-refractivity contribution < 1.29 is 13.3 Å². The molecule has 0 saturated heterocycles. The molecule has 9 nitrogen and oxygen atoms in total. The van der Waals surface area contributed by atoms with E-state index in [9.17, 15) is 18.5 Å². The molecular formula is C11H9N5O4S. The first-order chi connectivity index (χ1) is 9.75. The van der Waals surface area contributed by atoms with E-state index in [1.807, 2.05) is 0 Å². The average Bonchev–Trinajstić information content (AvgIpc) is 2.75. The van der Waals surface area contributed by atoms with E-state index in [0.29, 0.717) is 0 Å². The molecule has 0 aliphatic heterocycles. The van der Waals surface area contributed by atoms with Crippen molar-refractivity contribution in [2.24, 2.45) is 5.14 Å². The van der Waals surface area contributed by atoms with E-state index in [1.54, 1.807) is 6.07 Å². The number of benzene rings is 1. The summed E-state index contributed by atoms with van der Waals surface area (Å²) in [5.74, 6) is 0. The molecule has 0 radical (unpaired) electrons. The summed E-state index contributed by atoms with van der Waals surface area (Å²) in [5, 5.41) is 28.3. The van der Waals surface area contributed by atoms with Gasteiger partial charge in [0, 0.05) is 12.1 Å². The van der Waals surface area contributed by atoms with Crippen molar-refractivity contribution in [2.75, 3.05) is 0 Å².